The zero-order valence-electron chi connectivity index (χ0n) is 14.2. The van der Waals surface area contributed by atoms with Crippen LogP contribution in [0.3, 0.4) is 0 Å². The number of carboxylic acid groups (broad SMARTS) is 1. The summed E-state index contributed by atoms with van der Waals surface area (Å²) in [6.45, 7) is 3.99. The number of fused-ring (bicyclic) bond motifs is 6. The summed E-state index contributed by atoms with van der Waals surface area (Å²) >= 11 is 0. The number of rotatable bonds is 1. The molecule has 2 N–H and O–H groups in total. The molecule has 1 unspecified atom stereocenters. The second-order valence-electron chi connectivity index (χ2n) is 7.55. The van der Waals surface area contributed by atoms with E-state index in [9.17, 15) is 9.90 Å². The average Bonchev–Trinajstić information content (AvgIpc) is 3.00. The summed E-state index contributed by atoms with van der Waals surface area (Å²) in [7, 11) is 0. The van der Waals surface area contributed by atoms with E-state index in [-0.39, 0.29) is 24.0 Å². The number of aromatic amines is 1. The second-order valence-corrected chi connectivity index (χ2v) is 7.55. The number of piperidine rings is 1. The molecule has 0 bridgehead atoms. The van der Waals surface area contributed by atoms with Gasteiger partial charge >= 0.3 is 5.97 Å². The lowest BCUT2D eigenvalue weighted by Gasteiger charge is -2.49. The van der Waals surface area contributed by atoms with Crippen molar-refractivity contribution in [3.63, 3.8) is 0 Å². The van der Waals surface area contributed by atoms with Crippen molar-refractivity contribution in [1.29, 1.82) is 0 Å². The van der Waals surface area contributed by atoms with Crippen LogP contribution in [0.4, 0.5) is 0 Å². The molecule has 4 atom stereocenters. The molecule has 3 aliphatic rings. The quantitative estimate of drug-likeness (QED) is 0.839. The lowest BCUT2D eigenvalue weighted by Crippen LogP contribution is -2.51. The first-order chi connectivity index (χ1) is 12.1. The molecule has 25 heavy (non-hydrogen) atoms. The van der Waals surface area contributed by atoms with Gasteiger partial charge in [-0.2, -0.15) is 0 Å². The number of hydrogen-bond donors (Lipinski definition) is 2. The van der Waals surface area contributed by atoms with Crippen molar-refractivity contribution in [2.45, 2.75) is 31.9 Å². The van der Waals surface area contributed by atoms with Crippen molar-refractivity contribution < 1.29 is 14.6 Å². The molecule has 5 nitrogen and oxygen atoms in total. The molecule has 0 radical (unpaired) electrons. The Morgan fingerprint density at radius 3 is 3.04 bits per heavy atom. The summed E-state index contributed by atoms with van der Waals surface area (Å²) in [5.74, 6) is -0.541. The third-order valence-corrected chi connectivity index (χ3v) is 6.37. The van der Waals surface area contributed by atoms with E-state index < -0.39 is 5.97 Å². The molecule has 4 heterocycles. The highest BCUT2D eigenvalue weighted by atomic mass is 16.5. The number of H-pyrrole nitrogens is 1. The lowest BCUT2D eigenvalue weighted by molar-refractivity contribution is -0.135. The Labute approximate surface area is 146 Å². The molecule has 0 saturated carbocycles. The van der Waals surface area contributed by atoms with Crippen LogP contribution in [-0.4, -0.2) is 40.2 Å². The number of ether oxygens (including phenoxy) is 1. The van der Waals surface area contributed by atoms with Gasteiger partial charge in [-0.05, 0) is 31.4 Å². The van der Waals surface area contributed by atoms with Gasteiger partial charge in [-0.1, -0.05) is 18.2 Å². The summed E-state index contributed by atoms with van der Waals surface area (Å²) in [5, 5.41) is 10.9. The van der Waals surface area contributed by atoms with Crippen molar-refractivity contribution in [2.75, 3.05) is 13.1 Å². The van der Waals surface area contributed by atoms with Crippen LogP contribution >= 0.6 is 0 Å². The molecule has 2 aromatic rings. The van der Waals surface area contributed by atoms with Gasteiger partial charge < -0.3 is 14.8 Å². The van der Waals surface area contributed by atoms with E-state index >= 15 is 0 Å². The van der Waals surface area contributed by atoms with E-state index in [1.165, 1.54) is 28.4 Å². The summed E-state index contributed by atoms with van der Waals surface area (Å²) < 4.78 is 5.64. The third kappa shape index (κ3) is 2.15. The van der Waals surface area contributed by atoms with Gasteiger partial charge in [0.15, 0.2) is 0 Å². The van der Waals surface area contributed by atoms with E-state index in [0.29, 0.717) is 5.57 Å². The number of carboxylic acids is 1. The minimum atomic E-state index is -0.844. The average molecular weight is 338 g/mol. The van der Waals surface area contributed by atoms with Gasteiger partial charge in [-0.25, -0.2) is 4.79 Å². The molecule has 5 rings (SSSR count). The van der Waals surface area contributed by atoms with Crippen LogP contribution in [0.1, 0.15) is 30.6 Å². The van der Waals surface area contributed by atoms with Gasteiger partial charge in [-0.15, -0.1) is 0 Å². The Hall–Kier alpha value is -2.27. The largest absolute Gasteiger partial charge is 0.497 e. The molecule has 130 valence electrons. The van der Waals surface area contributed by atoms with Crippen LogP contribution in [0.25, 0.3) is 10.9 Å². The molecule has 1 saturated heterocycles. The molecule has 1 aromatic carbocycles. The maximum Gasteiger partial charge on any atom is 0.334 e. The Balaban J connectivity index is 1.57. The molecule has 3 aliphatic heterocycles. The van der Waals surface area contributed by atoms with Crippen molar-refractivity contribution in [1.82, 2.24) is 9.88 Å². The fourth-order valence-corrected chi connectivity index (χ4v) is 5.08. The zero-order chi connectivity index (χ0) is 17.1. The van der Waals surface area contributed by atoms with Gasteiger partial charge in [0, 0.05) is 41.5 Å². The van der Waals surface area contributed by atoms with Crippen molar-refractivity contribution >= 4 is 16.9 Å². The summed E-state index contributed by atoms with van der Waals surface area (Å²) in [6.07, 6.45) is 3.44. The van der Waals surface area contributed by atoms with E-state index in [0.717, 1.165) is 25.9 Å². The number of nitrogens with zero attached hydrogens (tertiary/aromatic N) is 1. The Morgan fingerprint density at radius 1 is 1.36 bits per heavy atom. The van der Waals surface area contributed by atoms with E-state index in [2.05, 4.69) is 41.1 Å². The second kappa shape index (κ2) is 5.36. The Bertz CT molecular complexity index is 884. The van der Waals surface area contributed by atoms with Gasteiger partial charge in [0.05, 0.1) is 24.0 Å². The first-order valence-corrected chi connectivity index (χ1v) is 9.06. The monoisotopic (exact) mass is 338 g/mol. The van der Waals surface area contributed by atoms with Crippen LogP contribution in [-0.2, 0) is 16.0 Å². The number of aromatic nitrogens is 1. The van der Waals surface area contributed by atoms with Crippen molar-refractivity contribution in [2.24, 2.45) is 11.8 Å². The third-order valence-electron chi connectivity index (χ3n) is 6.37. The van der Waals surface area contributed by atoms with Crippen LogP contribution in [0.5, 0.6) is 0 Å². The zero-order valence-corrected chi connectivity index (χ0v) is 14.2. The SMILES string of the molecule is C[C@@H]1OC=C(C(=O)O)[C@H]2C[C@H]3c4[nH]c5ccccc5c4CCN3CC12. The minimum absolute atomic E-state index is 0.0554. The number of aliphatic carboxylic acids is 1. The summed E-state index contributed by atoms with van der Waals surface area (Å²) in [6, 6.07) is 8.73. The Kier molecular flexibility index (Phi) is 3.22. The first-order valence-electron chi connectivity index (χ1n) is 9.06. The Morgan fingerprint density at radius 2 is 2.20 bits per heavy atom. The minimum Gasteiger partial charge on any atom is -0.497 e. The van der Waals surface area contributed by atoms with Gasteiger partial charge in [0.25, 0.3) is 0 Å². The molecule has 1 fully saturated rings. The van der Waals surface area contributed by atoms with E-state index in [4.69, 9.17) is 4.74 Å². The van der Waals surface area contributed by atoms with Crippen LogP contribution in [0, 0.1) is 11.8 Å². The first kappa shape index (κ1) is 15.0. The van der Waals surface area contributed by atoms with E-state index in [1.54, 1.807) is 0 Å². The molecule has 1 aromatic heterocycles. The van der Waals surface area contributed by atoms with Gasteiger partial charge in [-0.3, -0.25) is 4.90 Å². The highest BCUT2D eigenvalue weighted by molar-refractivity contribution is 5.87. The number of para-hydroxylation sites is 1. The van der Waals surface area contributed by atoms with E-state index in [1.807, 2.05) is 0 Å². The summed E-state index contributed by atoms with van der Waals surface area (Å²) in [4.78, 5) is 17.8. The van der Waals surface area contributed by atoms with Crippen molar-refractivity contribution in [3.05, 3.63) is 47.4 Å². The van der Waals surface area contributed by atoms with Gasteiger partial charge in [0.1, 0.15) is 0 Å². The molecule has 5 heteroatoms. The van der Waals surface area contributed by atoms with Crippen molar-refractivity contribution in [3.8, 4) is 0 Å². The normalized spacial score (nSPS) is 31.5. The predicted molar refractivity (Wildman–Crippen MR) is 94.2 cm³/mol. The summed E-state index contributed by atoms with van der Waals surface area (Å²) in [5.41, 5.74) is 4.32. The molecule has 0 spiro atoms. The fraction of sp³-hybridized carbons (Fsp3) is 0.450. The number of nitrogens with one attached hydrogen (secondary N) is 1. The maximum atomic E-state index is 11.7. The maximum absolute atomic E-state index is 11.7. The molecule has 0 aliphatic carbocycles. The standard InChI is InChI=1S/C20H22N2O3/c1-11-15-9-22-7-6-13-12-4-2-3-5-17(12)21-19(13)18(22)8-14(15)16(10-25-11)20(23)24/h2-5,10-11,14-15,18,21H,6-9H2,1H3,(H,23,24)/t11-,14-,15?,18-/m0/s1. The predicted octanol–water partition coefficient (Wildman–Crippen LogP) is 3.09. The number of hydrogen-bond acceptors (Lipinski definition) is 3. The highest BCUT2D eigenvalue weighted by Crippen LogP contribution is 2.47. The molecular weight excluding hydrogens is 316 g/mol. The highest BCUT2D eigenvalue weighted by Gasteiger charge is 2.46. The smallest absolute Gasteiger partial charge is 0.334 e. The van der Waals surface area contributed by atoms with Crippen LogP contribution in [0.2, 0.25) is 0 Å². The van der Waals surface area contributed by atoms with Gasteiger partial charge in [0.2, 0.25) is 0 Å². The molecular formula is C20H22N2O3. The number of benzene rings is 1. The fourth-order valence-electron chi connectivity index (χ4n) is 5.08. The number of carbonyl (C=O) groups is 1. The molecule has 0 amide bonds. The lowest BCUT2D eigenvalue weighted by atomic mass is 9.72. The van der Waals surface area contributed by atoms with Crippen LogP contribution in [0.15, 0.2) is 36.1 Å². The van der Waals surface area contributed by atoms with Crippen LogP contribution < -0.4 is 0 Å². The topological polar surface area (TPSA) is 65.6 Å².